The van der Waals surface area contributed by atoms with Gasteiger partial charge in [-0.25, -0.2) is 8.42 Å². The summed E-state index contributed by atoms with van der Waals surface area (Å²) in [6.07, 6.45) is 3.98. The van der Waals surface area contributed by atoms with Crippen LogP contribution in [-0.4, -0.2) is 50.4 Å². The Bertz CT molecular complexity index is 1800. The SMILES string of the molecule is CCOc1ccccc1N(CC(=O)N(Cc1ccc(Cl)c(Cl)c1)C(Cc1ccccc1)C(=O)NC1CCCC1)S(=O)(=O)c1ccccc1. The highest BCUT2D eigenvalue weighted by Crippen LogP contribution is 2.33. The summed E-state index contributed by atoms with van der Waals surface area (Å²) >= 11 is 12.6. The van der Waals surface area contributed by atoms with Gasteiger partial charge in [-0.05, 0) is 67.3 Å². The number of ether oxygens (including phenoxy) is 1. The first-order valence-corrected chi connectivity index (χ1v) is 18.2. The fourth-order valence-electron chi connectivity index (χ4n) is 5.93. The third-order valence-corrected chi connectivity index (χ3v) is 10.9. The van der Waals surface area contributed by atoms with E-state index in [1.54, 1.807) is 67.6 Å². The number of benzene rings is 4. The van der Waals surface area contributed by atoms with Gasteiger partial charge in [-0.15, -0.1) is 0 Å². The zero-order valence-electron chi connectivity index (χ0n) is 26.7. The van der Waals surface area contributed by atoms with E-state index in [1.807, 2.05) is 30.3 Å². The van der Waals surface area contributed by atoms with Crippen LogP contribution in [0.5, 0.6) is 5.75 Å². The van der Waals surface area contributed by atoms with Crippen LogP contribution in [0.2, 0.25) is 10.0 Å². The minimum atomic E-state index is -4.27. The Kier molecular flexibility index (Phi) is 12.0. The molecular weight excluding hydrogens is 669 g/mol. The molecule has 1 saturated carbocycles. The summed E-state index contributed by atoms with van der Waals surface area (Å²) in [4.78, 5) is 30.4. The molecule has 0 aliphatic heterocycles. The second kappa shape index (κ2) is 16.4. The number of para-hydroxylation sites is 2. The first kappa shape index (κ1) is 35.3. The van der Waals surface area contributed by atoms with E-state index >= 15 is 0 Å². The number of amides is 2. The fourth-order valence-corrected chi connectivity index (χ4v) is 7.70. The van der Waals surface area contributed by atoms with Gasteiger partial charge < -0.3 is 15.0 Å². The molecule has 1 aliphatic rings. The Morgan fingerprint density at radius 2 is 1.50 bits per heavy atom. The summed E-state index contributed by atoms with van der Waals surface area (Å²) in [7, 11) is -4.27. The molecule has 0 spiro atoms. The van der Waals surface area contributed by atoms with Crippen LogP contribution in [0.3, 0.4) is 0 Å². The minimum Gasteiger partial charge on any atom is -0.492 e. The third kappa shape index (κ3) is 8.69. The molecule has 1 N–H and O–H groups in total. The topological polar surface area (TPSA) is 96.0 Å². The second-order valence-electron chi connectivity index (χ2n) is 11.7. The smallest absolute Gasteiger partial charge is 0.264 e. The molecule has 5 rings (SSSR count). The van der Waals surface area contributed by atoms with Crippen molar-refractivity contribution in [1.82, 2.24) is 10.2 Å². The maximum atomic E-state index is 14.7. The molecule has 8 nitrogen and oxygen atoms in total. The molecule has 4 aromatic carbocycles. The van der Waals surface area contributed by atoms with Gasteiger partial charge in [-0.2, -0.15) is 0 Å². The summed E-state index contributed by atoms with van der Waals surface area (Å²) in [6.45, 7) is 1.48. The van der Waals surface area contributed by atoms with Crippen molar-refractivity contribution in [1.29, 1.82) is 0 Å². The number of sulfonamides is 1. The lowest BCUT2D eigenvalue weighted by molar-refractivity contribution is -0.140. The van der Waals surface area contributed by atoms with Crippen LogP contribution >= 0.6 is 23.2 Å². The molecule has 0 heterocycles. The van der Waals surface area contributed by atoms with Gasteiger partial charge in [0, 0.05) is 19.0 Å². The molecule has 0 radical (unpaired) electrons. The number of hydrogen-bond donors (Lipinski definition) is 1. The standard InChI is InChI=1S/C37H39Cl2N3O5S/c1-2-47-35-20-12-11-19-33(35)42(48(45,46)30-17-7-4-8-18-30)26-36(43)41(25-28-21-22-31(38)32(39)23-28)34(24-27-13-5-3-6-14-27)37(44)40-29-15-9-10-16-29/h3-8,11-14,17-23,29,34H,2,9-10,15-16,24-26H2,1H3,(H,40,44). The van der Waals surface area contributed by atoms with Crippen LogP contribution in [0.4, 0.5) is 5.69 Å². The monoisotopic (exact) mass is 707 g/mol. The van der Waals surface area contributed by atoms with E-state index in [0.717, 1.165) is 35.6 Å². The van der Waals surface area contributed by atoms with Crippen molar-refractivity contribution in [3.8, 4) is 5.75 Å². The van der Waals surface area contributed by atoms with Gasteiger partial charge in [0.15, 0.2) is 0 Å². The number of nitrogens with zero attached hydrogens (tertiary/aromatic N) is 2. The molecule has 1 unspecified atom stereocenters. The van der Waals surface area contributed by atoms with Gasteiger partial charge in [0.05, 0.1) is 27.2 Å². The van der Waals surface area contributed by atoms with Crippen molar-refractivity contribution in [3.05, 3.63) is 124 Å². The largest absolute Gasteiger partial charge is 0.492 e. The van der Waals surface area contributed by atoms with Gasteiger partial charge in [-0.3, -0.25) is 13.9 Å². The van der Waals surface area contributed by atoms with Crippen molar-refractivity contribution in [2.75, 3.05) is 17.5 Å². The number of hydrogen-bond acceptors (Lipinski definition) is 5. The van der Waals surface area contributed by atoms with E-state index < -0.39 is 28.5 Å². The van der Waals surface area contributed by atoms with Gasteiger partial charge in [-0.1, -0.05) is 103 Å². The molecule has 48 heavy (non-hydrogen) atoms. The highest BCUT2D eigenvalue weighted by Gasteiger charge is 2.36. The third-order valence-electron chi connectivity index (χ3n) is 8.35. The molecule has 0 aromatic heterocycles. The Balaban J connectivity index is 1.60. The van der Waals surface area contributed by atoms with Crippen LogP contribution in [0.15, 0.2) is 108 Å². The van der Waals surface area contributed by atoms with Gasteiger partial charge >= 0.3 is 0 Å². The van der Waals surface area contributed by atoms with Gasteiger partial charge in [0.2, 0.25) is 11.8 Å². The lowest BCUT2D eigenvalue weighted by Gasteiger charge is -2.34. The first-order valence-electron chi connectivity index (χ1n) is 16.0. The van der Waals surface area contributed by atoms with Crippen molar-refractivity contribution >= 4 is 50.7 Å². The van der Waals surface area contributed by atoms with E-state index in [-0.39, 0.29) is 42.1 Å². The maximum absolute atomic E-state index is 14.7. The number of anilines is 1. The molecule has 1 aliphatic carbocycles. The summed E-state index contributed by atoms with van der Waals surface area (Å²) in [6, 6.07) is 28.2. The van der Waals surface area contributed by atoms with E-state index in [2.05, 4.69) is 5.32 Å². The highest BCUT2D eigenvalue weighted by molar-refractivity contribution is 7.92. The lowest BCUT2D eigenvalue weighted by Crippen LogP contribution is -2.54. The Labute approximate surface area is 292 Å². The Hall–Kier alpha value is -4.05. The summed E-state index contributed by atoms with van der Waals surface area (Å²) in [5.41, 5.74) is 1.70. The van der Waals surface area contributed by atoms with E-state index in [0.29, 0.717) is 21.4 Å². The normalized spacial score (nSPS) is 13.9. The molecule has 0 bridgehead atoms. The predicted octanol–water partition coefficient (Wildman–Crippen LogP) is 7.29. The summed E-state index contributed by atoms with van der Waals surface area (Å²) in [5.74, 6) is -0.566. The number of carbonyl (C=O) groups excluding carboxylic acids is 2. The van der Waals surface area contributed by atoms with Crippen molar-refractivity contribution < 1.29 is 22.7 Å². The Morgan fingerprint density at radius 3 is 2.17 bits per heavy atom. The van der Waals surface area contributed by atoms with Crippen molar-refractivity contribution in [3.63, 3.8) is 0 Å². The van der Waals surface area contributed by atoms with Crippen LogP contribution in [0.25, 0.3) is 0 Å². The molecule has 4 aromatic rings. The molecule has 252 valence electrons. The van der Waals surface area contributed by atoms with Crippen molar-refractivity contribution in [2.45, 2.75) is 62.6 Å². The highest BCUT2D eigenvalue weighted by atomic mass is 35.5. The summed E-state index contributed by atoms with van der Waals surface area (Å²) in [5, 5.41) is 3.83. The summed E-state index contributed by atoms with van der Waals surface area (Å²) < 4.78 is 35.5. The molecule has 1 fully saturated rings. The van der Waals surface area contributed by atoms with Crippen molar-refractivity contribution in [2.24, 2.45) is 0 Å². The quantitative estimate of drug-likeness (QED) is 0.149. The first-order chi connectivity index (χ1) is 23.2. The average molecular weight is 709 g/mol. The lowest BCUT2D eigenvalue weighted by atomic mass is 10.0. The molecule has 1 atom stereocenters. The zero-order valence-corrected chi connectivity index (χ0v) is 29.1. The van der Waals surface area contributed by atoms with Crippen LogP contribution in [0, 0.1) is 0 Å². The maximum Gasteiger partial charge on any atom is 0.264 e. The number of nitrogens with one attached hydrogen (secondary N) is 1. The molecular formula is C37H39Cl2N3O5S. The molecule has 2 amide bonds. The van der Waals surface area contributed by atoms with Gasteiger partial charge in [0.25, 0.3) is 10.0 Å². The zero-order chi connectivity index (χ0) is 34.1. The van der Waals surface area contributed by atoms with E-state index in [1.165, 1.54) is 17.0 Å². The number of halogens is 2. The van der Waals surface area contributed by atoms with Crippen LogP contribution < -0.4 is 14.4 Å². The molecule has 11 heteroatoms. The van der Waals surface area contributed by atoms with E-state index in [4.69, 9.17) is 27.9 Å². The molecule has 0 saturated heterocycles. The van der Waals surface area contributed by atoms with Crippen LogP contribution in [-0.2, 0) is 32.6 Å². The number of rotatable bonds is 14. The fraction of sp³-hybridized carbons (Fsp3) is 0.297. The Morgan fingerprint density at radius 1 is 0.854 bits per heavy atom. The van der Waals surface area contributed by atoms with E-state index in [9.17, 15) is 18.0 Å². The predicted molar refractivity (Wildman–Crippen MR) is 190 cm³/mol. The average Bonchev–Trinajstić information content (AvgIpc) is 3.61. The number of carbonyl (C=O) groups is 2. The second-order valence-corrected chi connectivity index (χ2v) is 14.4. The van der Waals surface area contributed by atoms with Crippen LogP contribution in [0.1, 0.15) is 43.7 Å². The van der Waals surface area contributed by atoms with Gasteiger partial charge in [0.1, 0.15) is 18.3 Å². The minimum absolute atomic E-state index is 0.00530.